The predicted octanol–water partition coefficient (Wildman–Crippen LogP) is 2.55. The van der Waals surface area contributed by atoms with Crippen LogP contribution in [0.25, 0.3) is 0 Å². The quantitative estimate of drug-likeness (QED) is 0.701. The van der Waals surface area contributed by atoms with Crippen LogP contribution in [-0.4, -0.2) is 12.5 Å². The molecule has 0 aromatic heterocycles. The van der Waals surface area contributed by atoms with Gasteiger partial charge in [-0.25, -0.2) is 8.78 Å². The largest absolute Gasteiger partial charge is 0.323 e. The molecule has 0 radical (unpaired) electrons. The van der Waals surface area contributed by atoms with Crippen LogP contribution in [0, 0.1) is 5.92 Å². The molecule has 0 amide bonds. The molecule has 0 aromatic rings. The van der Waals surface area contributed by atoms with Gasteiger partial charge in [-0.3, -0.25) is 0 Å². The topological polar surface area (TPSA) is 26.0 Å². The van der Waals surface area contributed by atoms with Crippen LogP contribution in [-0.2, 0) is 0 Å². The second-order valence-corrected chi connectivity index (χ2v) is 3.73. The standard InChI is InChI=1S/C9H17F2N/c10-9(11)8(12)6-5-7-3-1-2-4-7/h7-9H,1-6,12H2. The Labute approximate surface area is 72.3 Å². The average molecular weight is 177 g/mol. The Kier molecular flexibility index (Phi) is 3.92. The second-order valence-electron chi connectivity index (χ2n) is 3.73. The van der Waals surface area contributed by atoms with E-state index in [2.05, 4.69) is 0 Å². The molecule has 1 aliphatic rings. The molecule has 0 aliphatic heterocycles. The van der Waals surface area contributed by atoms with Crippen LogP contribution in [0.1, 0.15) is 38.5 Å². The highest BCUT2D eigenvalue weighted by molar-refractivity contribution is 4.71. The van der Waals surface area contributed by atoms with Crippen LogP contribution in [0.15, 0.2) is 0 Å². The Morgan fingerprint density at radius 2 is 1.83 bits per heavy atom. The minimum atomic E-state index is -2.34. The molecule has 0 heterocycles. The summed E-state index contributed by atoms with van der Waals surface area (Å²) in [5, 5.41) is 0. The van der Waals surface area contributed by atoms with Crippen molar-refractivity contribution < 1.29 is 8.78 Å². The summed E-state index contributed by atoms with van der Waals surface area (Å²) in [5.74, 6) is 0.676. The summed E-state index contributed by atoms with van der Waals surface area (Å²) in [7, 11) is 0. The van der Waals surface area contributed by atoms with Gasteiger partial charge in [0.1, 0.15) is 0 Å². The van der Waals surface area contributed by atoms with Crippen molar-refractivity contribution >= 4 is 0 Å². The SMILES string of the molecule is NC(CCC1CCCC1)C(F)F. The van der Waals surface area contributed by atoms with E-state index in [9.17, 15) is 8.78 Å². The third-order valence-corrected chi connectivity index (χ3v) is 2.71. The van der Waals surface area contributed by atoms with E-state index in [4.69, 9.17) is 5.73 Å². The van der Waals surface area contributed by atoms with Gasteiger partial charge in [-0.2, -0.15) is 0 Å². The number of alkyl halides is 2. The first-order valence-electron chi connectivity index (χ1n) is 4.74. The molecule has 0 spiro atoms. The smallest absolute Gasteiger partial charge is 0.253 e. The van der Waals surface area contributed by atoms with Gasteiger partial charge in [-0.15, -0.1) is 0 Å². The van der Waals surface area contributed by atoms with Crippen molar-refractivity contribution in [1.29, 1.82) is 0 Å². The number of rotatable bonds is 4. The first kappa shape index (κ1) is 9.90. The van der Waals surface area contributed by atoms with Crippen LogP contribution in [0.3, 0.4) is 0 Å². The number of nitrogens with two attached hydrogens (primary N) is 1. The third-order valence-electron chi connectivity index (χ3n) is 2.71. The molecule has 3 heteroatoms. The molecule has 0 bridgehead atoms. The van der Waals surface area contributed by atoms with E-state index < -0.39 is 12.5 Å². The van der Waals surface area contributed by atoms with Gasteiger partial charge in [0.25, 0.3) is 6.43 Å². The second kappa shape index (κ2) is 4.75. The summed E-state index contributed by atoms with van der Waals surface area (Å²) in [5.41, 5.74) is 5.24. The van der Waals surface area contributed by atoms with Crippen molar-refractivity contribution in [3.8, 4) is 0 Å². The lowest BCUT2D eigenvalue weighted by molar-refractivity contribution is 0.109. The normalized spacial score (nSPS) is 22.0. The Morgan fingerprint density at radius 1 is 1.25 bits per heavy atom. The van der Waals surface area contributed by atoms with Gasteiger partial charge >= 0.3 is 0 Å². The maximum Gasteiger partial charge on any atom is 0.253 e. The maximum absolute atomic E-state index is 12.0. The van der Waals surface area contributed by atoms with E-state index in [1.807, 2.05) is 0 Å². The van der Waals surface area contributed by atoms with E-state index >= 15 is 0 Å². The zero-order valence-electron chi connectivity index (χ0n) is 7.31. The third kappa shape index (κ3) is 3.05. The zero-order chi connectivity index (χ0) is 8.97. The highest BCUT2D eigenvalue weighted by Gasteiger charge is 2.19. The first-order valence-corrected chi connectivity index (χ1v) is 4.74. The molecule has 12 heavy (non-hydrogen) atoms. The van der Waals surface area contributed by atoms with Crippen LogP contribution in [0.5, 0.6) is 0 Å². The molecule has 1 nitrogen and oxygen atoms in total. The molecule has 1 fully saturated rings. The van der Waals surface area contributed by atoms with E-state index in [0.29, 0.717) is 12.3 Å². The number of hydrogen-bond acceptors (Lipinski definition) is 1. The van der Waals surface area contributed by atoms with Crippen molar-refractivity contribution in [3.05, 3.63) is 0 Å². The highest BCUT2D eigenvalue weighted by atomic mass is 19.3. The molecular formula is C9H17F2N. The number of hydrogen-bond donors (Lipinski definition) is 1. The Balaban J connectivity index is 2.07. The summed E-state index contributed by atoms with van der Waals surface area (Å²) in [6.45, 7) is 0. The molecule has 1 aliphatic carbocycles. The first-order chi connectivity index (χ1) is 5.70. The van der Waals surface area contributed by atoms with Gasteiger partial charge in [-0.1, -0.05) is 25.7 Å². The fourth-order valence-electron chi connectivity index (χ4n) is 1.85. The number of halogens is 2. The average Bonchev–Trinajstić information content (AvgIpc) is 2.51. The van der Waals surface area contributed by atoms with Crippen molar-refractivity contribution in [1.82, 2.24) is 0 Å². The van der Waals surface area contributed by atoms with Gasteiger partial charge in [0, 0.05) is 0 Å². The van der Waals surface area contributed by atoms with E-state index in [1.165, 1.54) is 25.7 Å². The molecule has 1 saturated carbocycles. The molecule has 1 atom stereocenters. The molecule has 1 rings (SSSR count). The van der Waals surface area contributed by atoms with Crippen LogP contribution in [0.4, 0.5) is 8.78 Å². The minimum Gasteiger partial charge on any atom is -0.323 e. The van der Waals surface area contributed by atoms with E-state index in [1.54, 1.807) is 0 Å². The van der Waals surface area contributed by atoms with Gasteiger partial charge < -0.3 is 5.73 Å². The van der Waals surface area contributed by atoms with Crippen molar-refractivity contribution in [2.45, 2.75) is 51.0 Å². The fourth-order valence-corrected chi connectivity index (χ4v) is 1.85. The van der Waals surface area contributed by atoms with Crippen LogP contribution in [0.2, 0.25) is 0 Å². The molecule has 2 N–H and O–H groups in total. The van der Waals surface area contributed by atoms with Crippen molar-refractivity contribution in [3.63, 3.8) is 0 Å². The summed E-state index contributed by atoms with van der Waals surface area (Å²) < 4.78 is 24.0. The van der Waals surface area contributed by atoms with Gasteiger partial charge in [-0.05, 0) is 18.8 Å². The Morgan fingerprint density at radius 3 is 2.33 bits per heavy atom. The summed E-state index contributed by atoms with van der Waals surface area (Å²) in [6, 6.07) is -0.898. The van der Waals surface area contributed by atoms with E-state index in [-0.39, 0.29) is 0 Å². The lowest BCUT2D eigenvalue weighted by Crippen LogP contribution is -2.28. The Bertz CT molecular complexity index is 120. The molecule has 1 unspecified atom stereocenters. The molecule has 72 valence electrons. The molecular weight excluding hydrogens is 160 g/mol. The molecule has 0 saturated heterocycles. The monoisotopic (exact) mass is 177 g/mol. The minimum absolute atomic E-state index is 0.488. The predicted molar refractivity (Wildman–Crippen MR) is 45.2 cm³/mol. The summed E-state index contributed by atoms with van der Waals surface area (Å²) >= 11 is 0. The lowest BCUT2D eigenvalue weighted by Gasteiger charge is -2.13. The highest BCUT2D eigenvalue weighted by Crippen LogP contribution is 2.29. The van der Waals surface area contributed by atoms with Gasteiger partial charge in [0.15, 0.2) is 0 Å². The van der Waals surface area contributed by atoms with Gasteiger partial charge in [0.2, 0.25) is 0 Å². The fraction of sp³-hybridized carbons (Fsp3) is 1.00. The maximum atomic E-state index is 12.0. The van der Waals surface area contributed by atoms with Crippen molar-refractivity contribution in [2.75, 3.05) is 0 Å². The van der Waals surface area contributed by atoms with Gasteiger partial charge in [0.05, 0.1) is 6.04 Å². The summed E-state index contributed by atoms with van der Waals surface area (Å²) in [6.07, 6.45) is 4.02. The Hall–Kier alpha value is -0.180. The van der Waals surface area contributed by atoms with Crippen molar-refractivity contribution in [2.24, 2.45) is 11.7 Å². The zero-order valence-corrected chi connectivity index (χ0v) is 7.31. The molecule has 0 aromatic carbocycles. The van der Waals surface area contributed by atoms with E-state index in [0.717, 1.165) is 6.42 Å². The summed E-state index contributed by atoms with van der Waals surface area (Å²) in [4.78, 5) is 0. The van der Waals surface area contributed by atoms with Crippen LogP contribution < -0.4 is 5.73 Å². The van der Waals surface area contributed by atoms with Crippen LogP contribution >= 0.6 is 0 Å². The lowest BCUT2D eigenvalue weighted by atomic mass is 9.99.